The van der Waals surface area contributed by atoms with Crippen LogP contribution in [0.4, 0.5) is 22.2 Å². The topological polar surface area (TPSA) is 267 Å². The number of carboxylic acid groups (broad SMARTS) is 1. The van der Waals surface area contributed by atoms with Gasteiger partial charge in [0.25, 0.3) is 0 Å². The van der Waals surface area contributed by atoms with Crippen LogP contribution in [0.15, 0.2) is 78.2 Å². The molecule has 3 aromatic carbocycles. The van der Waals surface area contributed by atoms with Crippen molar-refractivity contribution in [2.75, 3.05) is 30.4 Å². The van der Waals surface area contributed by atoms with Gasteiger partial charge >= 0.3 is 6.09 Å². The third-order valence-corrected chi connectivity index (χ3v) is 17.9. The average molecular weight is 1100 g/mol. The van der Waals surface area contributed by atoms with Crippen LogP contribution in [0.25, 0.3) is 10.9 Å². The fourth-order valence-corrected chi connectivity index (χ4v) is 11.6. The molecular weight excluding hydrogens is 1030 g/mol. The van der Waals surface area contributed by atoms with Crippen LogP contribution in [0.2, 0.25) is 0 Å². The Balaban J connectivity index is 0.920. The summed E-state index contributed by atoms with van der Waals surface area (Å²) in [5, 5.41) is 26.8. The van der Waals surface area contributed by atoms with Crippen molar-refractivity contribution in [1.82, 2.24) is 50.6 Å². The van der Waals surface area contributed by atoms with Crippen molar-refractivity contribution < 1.29 is 42.2 Å². The van der Waals surface area contributed by atoms with Crippen LogP contribution in [0.5, 0.6) is 17.4 Å². The number of aromatic nitrogens is 6. The summed E-state index contributed by atoms with van der Waals surface area (Å²) in [6.45, 7) is 16.8. The molecule has 2 aliphatic heterocycles. The highest BCUT2D eigenvalue weighted by Gasteiger charge is 2.44. The molecule has 4 amide bonds. The zero-order valence-corrected chi connectivity index (χ0v) is 47.2. The average Bonchev–Trinajstić information content (AvgIpc) is 3.92. The molecule has 1 aliphatic carbocycles. The molecule has 3 aromatic heterocycles. The molecule has 5 heterocycles. The van der Waals surface area contributed by atoms with E-state index in [1.54, 1.807) is 45.0 Å². The number of nitrogens with one attached hydrogen (secondary N) is 4. The lowest BCUT2D eigenvalue weighted by Gasteiger charge is -2.42. The van der Waals surface area contributed by atoms with Crippen LogP contribution in [0.3, 0.4) is 0 Å². The van der Waals surface area contributed by atoms with Gasteiger partial charge in [-0.15, -0.1) is 0 Å². The van der Waals surface area contributed by atoms with Gasteiger partial charge in [0, 0.05) is 74.7 Å². The lowest BCUT2D eigenvalue weighted by atomic mass is 9.83. The maximum atomic E-state index is 15.0. The number of benzene rings is 3. The van der Waals surface area contributed by atoms with Crippen LogP contribution >= 0.6 is 0 Å². The second kappa shape index (κ2) is 22.1. The summed E-state index contributed by atoms with van der Waals surface area (Å²) in [6.07, 6.45) is 5.06. The van der Waals surface area contributed by atoms with Gasteiger partial charge in [-0.05, 0) is 107 Å². The largest absolute Gasteiger partial charge is 0.489 e. The molecule has 1 fully saturated rings. The number of aromatic amines is 1. The van der Waals surface area contributed by atoms with E-state index in [1.165, 1.54) is 37.1 Å². The Bertz CT molecular complexity index is 3420. The molecule has 3 aliphatic rings. The number of fused-ring (bicyclic) bond motifs is 3. The minimum atomic E-state index is -3.91. The Morgan fingerprint density at radius 1 is 0.873 bits per heavy atom. The molecule has 0 unspecified atom stereocenters. The van der Waals surface area contributed by atoms with Gasteiger partial charge in [-0.3, -0.25) is 24.4 Å². The number of hydrogen-bond acceptors (Lipinski definition) is 15. The highest BCUT2D eigenvalue weighted by Crippen LogP contribution is 2.40. The Labute approximate surface area is 460 Å². The molecule has 9 rings (SSSR count). The van der Waals surface area contributed by atoms with Gasteiger partial charge in [0.1, 0.15) is 64.9 Å². The van der Waals surface area contributed by atoms with Crippen molar-refractivity contribution in [3.05, 3.63) is 107 Å². The number of carbonyl (C=O) groups excluding carboxylic acids is 3. The summed E-state index contributed by atoms with van der Waals surface area (Å²) in [6, 6.07) is 15.2. The second-order valence-electron chi connectivity index (χ2n) is 22.9. The number of anilines is 3. The van der Waals surface area contributed by atoms with Gasteiger partial charge in [0.15, 0.2) is 15.7 Å². The summed E-state index contributed by atoms with van der Waals surface area (Å²) in [5.74, 6) is 1.08. The zero-order chi connectivity index (χ0) is 56.7. The van der Waals surface area contributed by atoms with E-state index in [2.05, 4.69) is 57.0 Å². The van der Waals surface area contributed by atoms with Gasteiger partial charge in [-0.25, -0.2) is 33.1 Å². The molecule has 5 N–H and O–H groups in total. The molecule has 0 bridgehead atoms. The number of sulfone groups is 1. The van der Waals surface area contributed by atoms with Gasteiger partial charge in [-0.2, -0.15) is 5.10 Å². The number of piperidine rings is 1. The highest BCUT2D eigenvalue weighted by atomic mass is 32.2. The maximum Gasteiger partial charge on any atom is 0.407 e. The van der Waals surface area contributed by atoms with E-state index in [4.69, 9.17) is 9.47 Å². The normalized spacial score (nSPS) is 17.7. The first-order valence-electron chi connectivity index (χ1n) is 26.7. The molecule has 21 nitrogen and oxygen atoms in total. The summed E-state index contributed by atoms with van der Waals surface area (Å²) in [7, 11) is -2.62. The summed E-state index contributed by atoms with van der Waals surface area (Å²) in [5.41, 5.74) is 5.27. The van der Waals surface area contributed by atoms with Crippen LogP contribution in [0, 0.1) is 19.3 Å². The SMILES string of the molecule is Cc1[nH]nc(Nc2ncnc3cc(OC4CCN(c5cc(Oc6ccc7c(c6)CN(C(=O)[C@@H](NC(=O)[C@H](C)N(C)C(=O)O)C(C)(C)C)[C@H](C(=O)N[C@@H]6CCCc8ccccc86)C7)ncn5)CC4)c(S(=O)(=O)C(C)(C)C)cc23)c1C. The first kappa shape index (κ1) is 55.9. The van der Waals surface area contributed by atoms with Gasteiger partial charge in [0.05, 0.1) is 16.3 Å². The molecule has 79 heavy (non-hydrogen) atoms. The van der Waals surface area contributed by atoms with Crippen molar-refractivity contribution in [1.29, 1.82) is 0 Å². The standard InChI is InChI=1S/C57H70N12O9S/c1-32-33(2)65-66-50(32)64-51-41-26-46(79(75,76)57(7,8)9)45(27-43(41)58-30-61-51)77-38-20-22-68(23-21-38)47-28-48(60-31-59-47)78-39-19-18-36-25-44(53(71)62-42-17-13-15-35-14-11-12-16-40(35)42)69(29-37(36)24-39)54(72)49(56(4,5)6)63-52(70)34(3)67(10)55(73)74/h11-12,14,16,18-19,24,26-28,30-31,34,38,42,44,49H,13,15,17,20-23,25,29H2,1-10H3,(H,62,71)(H,63,70)(H,73,74)(H2,58,61,64,65,66)/t34-,42+,44-,49+/m0/s1. The Morgan fingerprint density at radius 3 is 2.30 bits per heavy atom. The Morgan fingerprint density at radius 2 is 1.61 bits per heavy atom. The van der Waals surface area contributed by atoms with Crippen molar-refractivity contribution in [2.45, 2.75) is 147 Å². The van der Waals surface area contributed by atoms with E-state index in [9.17, 15) is 27.9 Å². The lowest BCUT2D eigenvalue weighted by molar-refractivity contribution is -0.147. The molecule has 418 valence electrons. The smallest absolute Gasteiger partial charge is 0.407 e. The molecule has 0 saturated carbocycles. The summed E-state index contributed by atoms with van der Waals surface area (Å²) < 4.78 is 40.3. The maximum absolute atomic E-state index is 15.0. The highest BCUT2D eigenvalue weighted by molar-refractivity contribution is 7.92. The van der Waals surface area contributed by atoms with Crippen molar-refractivity contribution in [3.63, 3.8) is 0 Å². The number of aryl methyl sites for hydroxylation is 2. The lowest BCUT2D eigenvalue weighted by Crippen LogP contribution is -2.62. The van der Waals surface area contributed by atoms with Gasteiger partial charge in [-0.1, -0.05) is 51.1 Å². The third kappa shape index (κ3) is 11.8. The van der Waals surface area contributed by atoms with Crippen molar-refractivity contribution in [3.8, 4) is 17.4 Å². The number of rotatable bonds is 14. The van der Waals surface area contributed by atoms with Gasteiger partial charge < -0.3 is 40.3 Å². The Kier molecular flexibility index (Phi) is 15.6. The van der Waals surface area contributed by atoms with Crippen molar-refractivity contribution in [2.24, 2.45) is 5.41 Å². The summed E-state index contributed by atoms with van der Waals surface area (Å²) >= 11 is 0. The van der Waals surface area contributed by atoms with E-state index in [1.807, 2.05) is 65.0 Å². The fraction of sp³-hybridized carbons (Fsp3) is 0.456. The Hall–Kier alpha value is -7.88. The molecule has 0 radical (unpaired) electrons. The van der Waals surface area contributed by atoms with Gasteiger partial charge in [0.2, 0.25) is 23.6 Å². The molecule has 6 aromatic rings. The van der Waals surface area contributed by atoms with Crippen LogP contribution < -0.4 is 30.3 Å². The van der Waals surface area contributed by atoms with Crippen LogP contribution in [-0.4, -0.2) is 126 Å². The number of nitrogens with zero attached hydrogens (tertiary/aromatic N) is 8. The van der Waals surface area contributed by atoms with Crippen LogP contribution in [-0.2, 0) is 43.6 Å². The van der Waals surface area contributed by atoms with E-state index in [0.717, 1.165) is 52.1 Å². The number of hydrogen-bond donors (Lipinski definition) is 5. The van der Waals surface area contributed by atoms with E-state index in [0.29, 0.717) is 60.0 Å². The number of carbonyl (C=O) groups is 4. The van der Waals surface area contributed by atoms with Crippen molar-refractivity contribution >= 4 is 62.0 Å². The van der Waals surface area contributed by atoms with E-state index in [-0.39, 0.29) is 47.5 Å². The monoisotopic (exact) mass is 1100 g/mol. The number of H-pyrrole nitrogens is 1. The minimum Gasteiger partial charge on any atom is -0.489 e. The molecule has 1 saturated heterocycles. The first-order chi connectivity index (χ1) is 37.4. The predicted molar refractivity (Wildman–Crippen MR) is 297 cm³/mol. The first-order valence-corrected chi connectivity index (χ1v) is 28.2. The molecule has 22 heteroatoms. The molecule has 0 spiro atoms. The number of amides is 4. The second-order valence-corrected chi connectivity index (χ2v) is 25.5. The zero-order valence-electron chi connectivity index (χ0n) is 46.4. The molecular formula is C57H70N12O9S. The third-order valence-electron chi connectivity index (χ3n) is 15.4. The minimum absolute atomic E-state index is 0.0178. The number of ether oxygens (including phenoxy) is 2. The van der Waals surface area contributed by atoms with Crippen LogP contribution in [0.1, 0.15) is 114 Å². The fourth-order valence-electron chi connectivity index (χ4n) is 10.3. The molecule has 4 atom stereocenters. The van der Waals surface area contributed by atoms with E-state index < -0.39 is 56.0 Å². The summed E-state index contributed by atoms with van der Waals surface area (Å²) in [4.78, 5) is 77.4. The predicted octanol–water partition coefficient (Wildman–Crippen LogP) is 7.89. The number of likely N-dealkylation sites (N-methyl/N-ethyl adjacent to an activating group) is 1. The quantitative estimate of drug-likeness (QED) is 0.0694. The van der Waals surface area contributed by atoms with E-state index >= 15 is 4.79 Å².